The minimum absolute atomic E-state index is 0.131. The number of aryl methyl sites for hydroxylation is 3. The molecule has 3 aliphatic heterocycles. The smallest absolute Gasteiger partial charge is 0.352 e. The number of nitrogens with zero attached hydrogens (tertiary/aromatic N) is 4. The summed E-state index contributed by atoms with van der Waals surface area (Å²) in [5.74, 6) is 4.05. The molecule has 0 amide bonds. The van der Waals surface area contributed by atoms with Crippen molar-refractivity contribution in [3.63, 3.8) is 0 Å². The summed E-state index contributed by atoms with van der Waals surface area (Å²) in [7, 11) is 2.29. The Kier molecular flexibility index (Phi) is 7.85. The maximum absolute atomic E-state index is 2.69. The molecule has 4 unspecified atom stereocenters. The molecule has 0 aliphatic carbocycles. The highest BCUT2D eigenvalue weighted by atomic mass is 15.4. The summed E-state index contributed by atoms with van der Waals surface area (Å²) in [6.45, 7) is 16.8. The van der Waals surface area contributed by atoms with Crippen LogP contribution in [-0.4, -0.2) is 20.1 Å². The van der Waals surface area contributed by atoms with Crippen molar-refractivity contribution < 1.29 is 4.57 Å². The first kappa shape index (κ1) is 31.4. The number of rotatable bonds is 7. The molecule has 3 aliphatic rings. The molecule has 5 heteroatoms. The third-order valence-electron chi connectivity index (χ3n) is 12.3. The second-order valence-electron chi connectivity index (χ2n) is 14.3. The van der Waals surface area contributed by atoms with Crippen molar-refractivity contribution in [2.24, 2.45) is 11.3 Å². The Balaban J connectivity index is 1.40. The number of fused-ring (bicyclic) bond motifs is 4. The molecule has 3 aromatic carbocycles. The standard InChI is InChI=1S/C42H50BN4/c1-9-41(7)42(10-2,33(6)29-39-44(8)35-23-13-14-24-36(35)46(39)34-22-12-11-19-30(34)3)37-25-18-27-43(40-31(4)20-17-21-32(40)5)47(37)38-26-15-16-28-45(38)41/h11-28,33,39H,9-10,29H2,1-8H3/q+1. The number of hydrogen-bond donors (Lipinski definition) is 0. The van der Waals surface area contributed by atoms with Crippen LogP contribution in [0.15, 0.2) is 115 Å². The third kappa shape index (κ3) is 4.45. The molecule has 0 bridgehead atoms. The largest absolute Gasteiger partial charge is 0.440 e. The van der Waals surface area contributed by atoms with E-state index in [0.29, 0.717) is 5.92 Å². The van der Waals surface area contributed by atoms with Gasteiger partial charge in [-0.15, -0.1) is 0 Å². The summed E-state index contributed by atoms with van der Waals surface area (Å²) >= 11 is 0. The van der Waals surface area contributed by atoms with E-state index in [0.717, 1.165) is 19.3 Å². The van der Waals surface area contributed by atoms with Crippen molar-refractivity contribution in [2.75, 3.05) is 21.7 Å². The Labute approximate surface area is 283 Å². The molecular weight excluding hydrogens is 571 g/mol. The zero-order valence-corrected chi connectivity index (χ0v) is 29.5. The Morgan fingerprint density at radius 2 is 1.43 bits per heavy atom. The van der Waals surface area contributed by atoms with Crippen molar-refractivity contribution in [2.45, 2.75) is 79.4 Å². The lowest BCUT2D eigenvalue weighted by Gasteiger charge is -2.57. The van der Waals surface area contributed by atoms with Crippen LogP contribution in [0.4, 0.5) is 22.9 Å². The summed E-state index contributed by atoms with van der Waals surface area (Å²) in [4.78, 5) is 7.84. The first-order valence-corrected chi connectivity index (χ1v) is 17.6. The van der Waals surface area contributed by atoms with Gasteiger partial charge < -0.3 is 9.80 Å². The molecule has 0 saturated carbocycles. The van der Waals surface area contributed by atoms with Crippen molar-refractivity contribution in [3.05, 3.63) is 132 Å². The summed E-state index contributed by atoms with van der Waals surface area (Å²) in [6, 6.07) is 31.4. The van der Waals surface area contributed by atoms with Crippen LogP contribution in [0.5, 0.6) is 0 Å². The Bertz CT molecular complexity index is 1860. The highest BCUT2D eigenvalue weighted by Crippen LogP contribution is 2.58. The molecule has 0 radical (unpaired) electrons. The summed E-state index contributed by atoms with van der Waals surface area (Å²) in [5.41, 5.74) is 10.5. The van der Waals surface area contributed by atoms with E-state index in [1.54, 1.807) is 0 Å². The fourth-order valence-electron chi connectivity index (χ4n) is 9.80. The first-order chi connectivity index (χ1) is 22.7. The molecule has 0 spiro atoms. The second-order valence-corrected chi connectivity index (χ2v) is 14.3. The van der Waals surface area contributed by atoms with E-state index >= 15 is 0 Å². The average Bonchev–Trinajstić information content (AvgIpc) is 3.35. The molecule has 4 aromatic rings. The van der Waals surface area contributed by atoms with Crippen LogP contribution in [0.3, 0.4) is 0 Å². The number of allylic oxidation sites excluding steroid dienone is 3. The van der Waals surface area contributed by atoms with Gasteiger partial charge >= 0.3 is 6.85 Å². The fraction of sp³-hybridized carbons (Fsp3) is 0.357. The van der Waals surface area contributed by atoms with Crippen LogP contribution in [0.25, 0.3) is 0 Å². The van der Waals surface area contributed by atoms with E-state index in [1.807, 2.05) is 0 Å². The number of aromatic nitrogens is 1. The van der Waals surface area contributed by atoms with Crippen molar-refractivity contribution in [3.8, 4) is 0 Å². The molecule has 0 N–H and O–H groups in total. The van der Waals surface area contributed by atoms with Crippen LogP contribution < -0.4 is 24.6 Å². The van der Waals surface area contributed by atoms with E-state index in [2.05, 4.69) is 184 Å². The predicted molar refractivity (Wildman–Crippen MR) is 200 cm³/mol. The minimum atomic E-state index is -0.132. The summed E-state index contributed by atoms with van der Waals surface area (Å²) in [6.07, 6.45) is 10.5. The lowest BCUT2D eigenvalue weighted by Crippen LogP contribution is -2.75. The summed E-state index contributed by atoms with van der Waals surface area (Å²) in [5, 5.41) is 0. The van der Waals surface area contributed by atoms with Gasteiger partial charge in [0, 0.05) is 18.8 Å². The third-order valence-corrected chi connectivity index (χ3v) is 12.3. The highest BCUT2D eigenvalue weighted by Gasteiger charge is 2.65. The number of benzene rings is 3. The molecule has 4 atom stereocenters. The highest BCUT2D eigenvalue weighted by molar-refractivity contribution is 6.82. The van der Waals surface area contributed by atoms with Crippen LogP contribution in [0.1, 0.15) is 63.6 Å². The molecule has 1 aromatic heterocycles. The average molecular weight is 622 g/mol. The maximum Gasteiger partial charge on any atom is 0.440 e. The molecular formula is C42H50BN4+. The van der Waals surface area contributed by atoms with Crippen molar-refractivity contribution in [1.29, 1.82) is 0 Å². The molecule has 4 heterocycles. The van der Waals surface area contributed by atoms with E-state index in [4.69, 9.17) is 0 Å². The lowest BCUT2D eigenvalue weighted by atomic mass is 9.46. The van der Waals surface area contributed by atoms with Gasteiger partial charge in [-0.1, -0.05) is 98.5 Å². The monoisotopic (exact) mass is 621 g/mol. The molecule has 0 fully saturated rings. The molecule has 7 rings (SSSR count). The number of pyridine rings is 1. The van der Waals surface area contributed by atoms with Crippen LogP contribution >= 0.6 is 0 Å². The Morgan fingerprint density at radius 1 is 0.787 bits per heavy atom. The van der Waals surface area contributed by atoms with E-state index in [1.165, 1.54) is 50.7 Å². The van der Waals surface area contributed by atoms with Gasteiger partial charge in [0.25, 0.3) is 5.82 Å². The Hall–Kier alpha value is -4.25. The van der Waals surface area contributed by atoms with Gasteiger partial charge in [0.05, 0.1) is 28.7 Å². The molecule has 4 nitrogen and oxygen atoms in total. The maximum atomic E-state index is 2.69. The number of para-hydroxylation sites is 3. The van der Waals surface area contributed by atoms with E-state index in [9.17, 15) is 0 Å². The van der Waals surface area contributed by atoms with Crippen molar-refractivity contribution >= 4 is 35.2 Å². The molecule has 0 saturated heterocycles. The topological polar surface area (TPSA) is 13.6 Å². The van der Waals surface area contributed by atoms with Crippen LogP contribution in [0, 0.1) is 32.1 Å². The Morgan fingerprint density at radius 3 is 2.11 bits per heavy atom. The van der Waals surface area contributed by atoms with Gasteiger partial charge in [0.1, 0.15) is 11.7 Å². The van der Waals surface area contributed by atoms with Gasteiger partial charge in [-0.25, -0.2) is 4.57 Å². The van der Waals surface area contributed by atoms with Gasteiger partial charge in [-0.05, 0) is 94.2 Å². The minimum Gasteiger partial charge on any atom is -0.352 e. The normalized spacial score (nSPS) is 23.7. The van der Waals surface area contributed by atoms with E-state index in [-0.39, 0.29) is 24.0 Å². The van der Waals surface area contributed by atoms with Gasteiger partial charge in [0.15, 0.2) is 0 Å². The SMILES string of the molecule is CCC1(C(C)CC2N(C)c3ccccc3N2c2ccccc2C)C2=CC=CB(c3c(C)cccc3C)N2c2cccc[n+]2C1(C)CC. The lowest BCUT2D eigenvalue weighted by molar-refractivity contribution is -0.771. The van der Waals surface area contributed by atoms with Gasteiger partial charge in [-0.3, -0.25) is 4.81 Å². The fourth-order valence-corrected chi connectivity index (χ4v) is 9.80. The second kappa shape index (κ2) is 11.8. The zero-order valence-electron chi connectivity index (χ0n) is 29.5. The quantitative estimate of drug-likeness (QED) is 0.151. The zero-order chi connectivity index (χ0) is 33.1. The predicted octanol–water partition coefficient (Wildman–Crippen LogP) is 8.77. The van der Waals surface area contributed by atoms with Gasteiger partial charge in [-0.2, -0.15) is 0 Å². The number of anilines is 4. The van der Waals surface area contributed by atoms with E-state index < -0.39 is 0 Å². The van der Waals surface area contributed by atoms with Crippen molar-refractivity contribution in [1.82, 2.24) is 0 Å². The summed E-state index contributed by atoms with van der Waals surface area (Å²) < 4.78 is 2.64. The van der Waals surface area contributed by atoms with Gasteiger partial charge in [0.2, 0.25) is 0 Å². The number of hydrogen-bond acceptors (Lipinski definition) is 3. The molecule has 240 valence electrons. The van der Waals surface area contributed by atoms with Crippen LogP contribution in [-0.2, 0) is 5.54 Å². The molecule has 47 heavy (non-hydrogen) atoms. The van der Waals surface area contributed by atoms with Crippen LogP contribution in [0.2, 0.25) is 0 Å². The first-order valence-electron chi connectivity index (χ1n) is 17.6.